The summed E-state index contributed by atoms with van der Waals surface area (Å²) in [6.45, 7) is 5.27. The minimum absolute atomic E-state index is 0.230. The van der Waals surface area contributed by atoms with E-state index in [9.17, 15) is 4.79 Å². The standard InChI is InChI=1S/C13H16O3/c1-9(5-6-14)11-3-4-12-13(10(11)2)16-8-7-15-12/h3-4,6,9H,5,7-8H2,1-2H3. The lowest BCUT2D eigenvalue weighted by Crippen LogP contribution is -2.17. The van der Waals surface area contributed by atoms with Crippen LogP contribution in [0.3, 0.4) is 0 Å². The highest BCUT2D eigenvalue weighted by molar-refractivity contribution is 5.55. The molecule has 0 spiro atoms. The summed E-state index contributed by atoms with van der Waals surface area (Å²) < 4.78 is 11.1. The molecule has 0 fully saturated rings. The van der Waals surface area contributed by atoms with E-state index < -0.39 is 0 Å². The van der Waals surface area contributed by atoms with Crippen LogP contribution in [0.15, 0.2) is 12.1 Å². The number of aldehydes is 1. The van der Waals surface area contributed by atoms with Crippen molar-refractivity contribution in [2.75, 3.05) is 13.2 Å². The fourth-order valence-electron chi connectivity index (χ4n) is 2.08. The molecule has 0 amide bonds. The van der Waals surface area contributed by atoms with E-state index in [4.69, 9.17) is 9.47 Å². The molecule has 1 atom stereocenters. The normalized spacial score (nSPS) is 15.6. The lowest BCUT2D eigenvalue weighted by molar-refractivity contribution is -0.108. The van der Waals surface area contributed by atoms with Gasteiger partial charge in [0.05, 0.1) is 0 Å². The van der Waals surface area contributed by atoms with Crippen molar-refractivity contribution in [3.63, 3.8) is 0 Å². The Morgan fingerprint density at radius 3 is 2.88 bits per heavy atom. The van der Waals surface area contributed by atoms with Crippen LogP contribution in [0.5, 0.6) is 11.5 Å². The number of fused-ring (bicyclic) bond motifs is 1. The van der Waals surface area contributed by atoms with Crippen LogP contribution < -0.4 is 9.47 Å². The highest BCUT2D eigenvalue weighted by Crippen LogP contribution is 2.38. The number of benzene rings is 1. The SMILES string of the molecule is Cc1c(C(C)CC=O)ccc2c1OCCO2. The van der Waals surface area contributed by atoms with Crippen molar-refractivity contribution < 1.29 is 14.3 Å². The molecule has 1 unspecified atom stereocenters. The minimum Gasteiger partial charge on any atom is -0.486 e. The average Bonchev–Trinajstić information content (AvgIpc) is 2.30. The van der Waals surface area contributed by atoms with Gasteiger partial charge in [0.25, 0.3) is 0 Å². The number of hydrogen-bond donors (Lipinski definition) is 0. The minimum atomic E-state index is 0.230. The summed E-state index contributed by atoms with van der Waals surface area (Å²) in [4.78, 5) is 10.5. The van der Waals surface area contributed by atoms with Gasteiger partial charge < -0.3 is 14.3 Å². The van der Waals surface area contributed by atoms with Crippen molar-refractivity contribution >= 4 is 6.29 Å². The Morgan fingerprint density at radius 1 is 1.38 bits per heavy atom. The molecule has 16 heavy (non-hydrogen) atoms. The molecule has 1 aliphatic heterocycles. The second-order valence-corrected chi connectivity index (χ2v) is 4.11. The molecule has 2 rings (SSSR count). The summed E-state index contributed by atoms with van der Waals surface area (Å²) in [5.41, 5.74) is 2.25. The zero-order valence-electron chi connectivity index (χ0n) is 9.66. The van der Waals surface area contributed by atoms with E-state index in [2.05, 4.69) is 0 Å². The van der Waals surface area contributed by atoms with Crippen molar-refractivity contribution in [3.05, 3.63) is 23.3 Å². The van der Waals surface area contributed by atoms with Crippen molar-refractivity contribution in [1.82, 2.24) is 0 Å². The molecule has 0 aromatic heterocycles. The van der Waals surface area contributed by atoms with E-state index in [1.54, 1.807) is 0 Å². The van der Waals surface area contributed by atoms with Crippen LogP contribution in [-0.2, 0) is 4.79 Å². The molecular weight excluding hydrogens is 204 g/mol. The van der Waals surface area contributed by atoms with Crippen LogP contribution in [-0.4, -0.2) is 19.5 Å². The number of hydrogen-bond acceptors (Lipinski definition) is 3. The second kappa shape index (κ2) is 4.56. The third kappa shape index (κ3) is 1.90. The lowest BCUT2D eigenvalue weighted by Gasteiger charge is -2.23. The van der Waals surface area contributed by atoms with Crippen LogP contribution in [0.4, 0.5) is 0 Å². The fourth-order valence-corrected chi connectivity index (χ4v) is 2.08. The summed E-state index contributed by atoms with van der Waals surface area (Å²) in [6, 6.07) is 3.95. The Balaban J connectivity index is 2.37. The first-order valence-electron chi connectivity index (χ1n) is 5.56. The maximum absolute atomic E-state index is 10.5. The van der Waals surface area contributed by atoms with Gasteiger partial charge in [-0.15, -0.1) is 0 Å². The summed E-state index contributed by atoms with van der Waals surface area (Å²) in [5.74, 6) is 1.88. The Bertz CT molecular complexity index is 398. The van der Waals surface area contributed by atoms with Gasteiger partial charge in [0.2, 0.25) is 0 Å². The van der Waals surface area contributed by atoms with Gasteiger partial charge in [-0.05, 0) is 30.0 Å². The zero-order valence-corrected chi connectivity index (χ0v) is 9.66. The van der Waals surface area contributed by atoms with E-state index in [0.29, 0.717) is 19.6 Å². The van der Waals surface area contributed by atoms with E-state index in [-0.39, 0.29) is 5.92 Å². The van der Waals surface area contributed by atoms with Crippen LogP contribution in [0.25, 0.3) is 0 Å². The lowest BCUT2D eigenvalue weighted by atomic mass is 9.93. The van der Waals surface area contributed by atoms with E-state index in [1.165, 1.54) is 0 Å². The van der Waals surface area contributed by atoms with Crippen molar-refractivity contribution in [2.45, 2.75) is 26.2 Å². The van der Waals surface area contributed by atoms with Gasteiger partial charge in [-0.3, -0.25) is 0 Å². The smallest absolute Gasteiger partial charge is 0.164 e. The molecule has 0 saturated heterocycles. The highest BCUT2D eigenvalue weighted by atomic mass is 16.6. The van der Waals surface area contributed by atoms with Gasteiger partial charge in [-0.2, -0.15) is 0 Å². The maximum atomic E-state index is 10.5. The Hall–Kier alpha value is -1.51. The Kier molecular flexibility index (Phi) is 3.13. The maximum Gasteiger partial charge on any atom is 0.164 e. The molecule has 3 heteroatoms. The summed E-state index contributed by atoms with van der Waals surface area (Å²) in [6.07, 6.45) is 1.50. The first kappa shape index (κ1) is 11.0. The van der Waals surface area contributed by atoms with Gasteiger partial charge >= 0.3 is 0 Å². The number of carbonyl (C=O) groups excluding carboxylic acids is 1. The molecule has 1 aromatic rings. The third-order valence-electron chi connectivity index (χ3n) is 2.98. The molecule has 0 aliphatic carbocycles. The monoisotopic (exact) mass is 220 g/mol. The third-order valence-corrected chi connectivity index (χ3v) is 2.98. The van der Waals surface area contributed by atoms with E-state index in [0.717, 1.165) is 28.9 Å². The molecule has 1 aromatic carbocycles. The van der Waals surface area contributed by atoms with Crippen LogP contribution in [0.2, 0.25) is 0 Å². The molecule has 0 N–H and O–H groups in total. The van der Waals surface area contributed by atoms with Crippen LogP contribution >= 0.6 is 0 Å². The van der Waals surface area contributed by atoms with Crippen LogP contribution in [0, 0.1) is 6.92 Å². The first-order valence-corrected chi connectivity index (χ1v) is 5.56. The van der Waals surface area contributed by atoms with Crippen molar-refractivity contribution in [2.24, 2.45) is 0 Å². The largest absolute Gasteiger partial charge is 0.486 e. The highest BCUT2D eigenvalue weighted by Gasteiger charge is 2.18. The predicted octanol–water partition coefficient (Wildman–Crippen LogP) is 2.46. The van der Waals surface area contributed by atoms with Gasteiger partial charge in [-0.25, -0.2) is 0 Å². The van der Waals surface area contributed by atoms with Gasteiger partial charge in [0.15, 0.2) is 11.5 Å². The summed E-state index contributed by atoms with van der Waals surface area (Å²) in [5, 5.41) is 0. The zero-order chi connectivity index (χ0) is 11.5. The quantitative estimate of drug-likeness (QED) is 0.734. The number of rotatable bonds is 3. The number of ether oxygens (including phenoxy) is 2. The molecule has 3 nitrogen and oxygen atoms in total. The molecule has 0 radical (unpaired) electrons. The molecule has 1 heterocycles. The predicted molar refractivity (Wildman–Crippen MR) is 61.3 cm³/mol. The molecule has 86 valence electrons. The van der Waals surface area contributed by atoms with Crippen LogP contribution in [0.1, 0.15) is 30.4 Å². The average molecular weight is 220 g/mol. The number of carbonyl (C=O) groups is 1. The van der Waals surface area contributed by atoms with Gasteiger partial charge in [0.1, 0.15) is 19.5 Å². The van der Waals surface area contributed by atoms with Crippen molar-refractivity contribution in [1.29, 1.82) is 0 Å². The van der Waals surface area contributed by atoms with E-state index >= 15 is 0 Å². The molecule has 1 aliphatic rings. The fraction of sp³-hybridized carbons (Fsp3) is 0.462. The summed E-state index contributed by atoms with van der Waals surface area (Å²) >= 11 is 0. The van der Waals surface area contributed by atoms with E-state index in [1.807, 2.05) is 26.0 Å². The van der Waals surface area contributed by atoms with Gasteiger partial charge in [-0.1, -0.05) is 13.0 Å². The molecular formula is C13H16O3. The topological polar surface area (TPSA) is 35.5 Å². The first-order chi connectivity index (χ1) is 7.74. The molecule has 0 saturated carbocycles. The Morgan fingerprint density at radius 2 is 2.12 bits per heavy atom. The second-order valence-electron chi connectivity index (χ2n) is 4.11. The van der Waals surface area contributed by atoms with Gasteiger partial charge in [0, 0.05) is 6.42 Å². The van der Waals surface area contributed by atoms with Crippen molar-refractivity contribution in [3.8, 4) is 11.5 Å². The Labute approximate surface area is 95.4 Å². The summed E-state index contributed by atoms with van der Waals surface area (Å²) in [7, 11) is 0. The molecule has 0 bridgehead atoms.